The number of allylic oxidation sites excluding steroid dienone is 1. The molecule has 3 atom stereocenters. The van der Waals surface area contributed by atoms with Gasteiger partial charge in [-0.15, -0.1) is 11.8 Å². The highest BCUT2D eigenvalue weighted by atomic mass is 127. The minimum absolute atomic E-state index is 0.000525. The largest absolute Gasteiger partial charge is 0.347 e. The number of thioether (sulfide) groups is 1. The zero-order valence-electron chi connectivity index (χ0n) is 16.8. The Bertz CT molecular complexity index is 956. The van der Waals surface area contributed by atoms with Gasteiger partial charge in [0.2, 0.25) is 0 Å². The lowest BCUT2D eigenvalue weighted by molar-refractivity contribution is -0.117. The molecule has 0 spiro atoms. The van der Waals surface area contributed by atoms with Crippen LogP contribution in [-0.4, -0.2) is 33.0 Å². The SMILES string of the molecule is Cc1cnn2c1C1C=C(C(=O)N[C@H](CN)Cc3cccc(I)c3)SC1(C)CCC2. The molecule has 0 radical (unpaired) electrons. The summed E-state index contributed by atoms with van der Waals surface area (Å²) in [5.74, 6) is 0.208. The third-order valence-corrected chi connectivity index (χ3v) is 8.08. The molecule has 1 amide bonds. The third-order valence-electron chi connectivity index (χ3n) is 5.94. The molecule has 3 N–H and O–H groups in total. The zero-order valence-corrected chi connectivity index (χ0v) is 19.8. The number of rotatable bonds is 5. The number of amides is 1. The van der Waals surface area contributed by atoms with Crippen LogP contribution in [0, 0.1) is 10.5 Å². The summed E-state index contributed by atoms with van der Waals surface area (Å²) in [5, 5.41) is 7.73. The van der Waals surface area contributed by atoms with Gasteiger partial charge in [-0.25, -0.2) is 0 Å². The van der Waals surface area contributed by atoms with Crippen molar-refractivity contribution in [2.45, 2.75) is 56.4 Å². The van der Waals surface area contributed by atoms with Crippen LogP contribution in [0.15, 0.2) is 41.4 Å². The molecule has 0 bridgehead atoms. The van der Waals surface area contributed by atoms with E-state index in [4.69, 9.17) is 5.73 Å². The van der Waals surface area contributed by atoms with Crippen molar-refractivity contribution in [1.29, 1.82) is 0 Å². The van der Waals surface area contributed by atoms with Crippen molar-refractivity contribution < 1.29 is 4.79 Å². The second-order valence-electron chi connectivity index (χ2n) is 8.20. The number of nitrogens with two attached hydrogens (primary N) is 1. The Morgan fingerprint density at radius 2 is 2.34 bits per heavy atom. The molecule has 2 aliphatic rings. The normalized spacial score (nSPS) is 24.3. The standard InChI is InChI=1S/C22H27IN4OS/c1-14-13-25-27-8-4-7-22(2)18(20(14)27)11-19(29-22)21(28)26-17(12-24)10-15-5-3-6-16(23)9-15/h3,5-6,9,11,13,17-18H,4,7-8,10,12,24H2,1-2H3,(H,26,28)/t17-,18?,22?/m0/s1. The van der Waals surface area contributed by atoms with E-state index >= 15 is 0 Å². The van der Waals surface area contributed by atoms with Gasteiger partial charge in [-0.2, -0.15) is 5.10 Å². The molecule has 0 saturated carbocycles. The minimum Gasteiger partial charge on any atom is -0.347 e. The Morgan fingerprint density at radius 3 is 3.10 bits per heavy atom. The maximum Gasteiger partial charge on any atom is 0.257 e. The Morgan fingerprint density at radius 1 is 1.52 bits per heavy atom. The summed E-state index contributed by atoms with van der Waals surface area (Å²) in [6.07, 6.45) is 6.99. The van der Waals surface area contributed by atoms with Crippen molar-refractivity contribution in [3.63, 3.8) is 0 Å². The van der Waals surface area contributed by atoms with Gasteiger partial charge in [-0.3, -0.25) is 9.48 Å². The summed E-state index contributed by atoms with van der Waals surface area (Å²) in [4.78, 5) is 13.9. The summed E-state index contributed by atoms with van der Waals surface area (Å²) in [6, 6.07) is 8.26. The third kappa shape index (κ3) is 4.27. The molecule has 0 fully saturated rings. The molecule has 154 valence electrons. The maximum absolute atomic E-state index is 13.1. The Balaban J connectivity index is 1.52. The van der Waals surface area contributed by atoms with Crippen LogP contribution in [-0.2, 0) is 17.8 Å². The molecule has 0 aliphatic carbocycles. The fourth-order valence-electron chi connectivity index (χ4n) is 4.42. The number of hydrogen-bond acceptors (Lipinski definition) is 4. The monoisotopic (exact) mass is 522 g/mol. The molecular formula is C22H27IN4OS. The number of benzene rings is 1. The lowest BCUT2D eigenvalue weighted by Gasteiger charge is -2.29. The summed E-state index contributed by atoms with van der Waals surface area (Å²) in [7, 11) is 0. The van der Waals surface area contributed by atoms with E-state index in [1.54, 1.807) is 11.8 Å². The predicted octanol–water partition coefficient (Wildman–Crippen LogP) is 3.75. The highest BCUT2D eigenvalue weighted by Gasteiger charge is 2.45. The molecular weight excluding hydrogens is 495 g/mol. The van der Waals surface area contributed by atoms with E-state index in [1.165, 1.54) is 20.4 Å². The van der Waals surface area contributed by atoms with Gasteiger partial charge < -0.3 is 11.1 Å². The molecule has 2 unspecified atom stereocenters. The van der Waals surface area contributed by atoms with Gasteiger partial charge in [-0.05, 0) is 79.0 Å². The lowest BCUT2D eigenvalue weighted by atomic mass is 9.86. The fourth-order valence-corrected chi connectivity index (χ4v) is 6.44. The van der Waals surface area contributed by atoms with Crippen molar-refractivity contribution in [2.75, 3.05) is 6.54 Å². The Hall–Kier alpha value is -1.32. The summed E-state index contributed by atoms with van der Waals surface area (Å²) < 4.78 is 3.32. The van der Waals surface area contributed by atoms with Crippen LogP contribution in [0.3, 0.4) is 0 Å². The number of carbonyl (C=O) groups excluding carboxylic acids is 1. The van der Waals surface area contributed by atoms with Crippen LogP contribution < -0.4 is 11.1 Å². The summed E-state index contributed by atoms with van der Waals surface area (Å²) in [5.41, 5.74) is 9.64. The molecule has 2 aliphatic heterocycles. The zero-order chi connectivity index (χ0) is 20.6. The van der Waals surface area contributed by atoms with Crippen LogP contribution >= 0.6 is 34.4 Å². The Kier molecular flexibility index (Phi) is 6.09. The van der Waals surface area contributed by atoms with Crippen LogP contribution in [0.25, 0.3) is 0 Å². The molecule has 29 heavy (non-hydrogen) atoms. The number of fused-ring (bicyclic) bond motifs is 3. The van der Waals surface area contributed by atoms with E-state index < -0.39 is 0 Å². The highest BCUT2D eigenvalue weighted by Crippen LogP contribution is 2.54. The molecule has 3 heterocycles. The van der Waals surface area contributed by atoms with Crippen LogP contribution in [0.5, 0.6) is 0 Å². The first-order valence-electron chi connectivity index (χ1n) is 10.1. The van der Waals surface area contributed by atoms with Crippen molar-refractivity contribution in [2.24, 2.45) is 5.73 Å². The average Bonchev–Trinajstić information content (AvgIpc) is 3.17. The van der Waals surface area contributed by atoms with Crippen LogP contribution in [0.2, 0.25) is 0 Å². The minimum atomic E-state index is -0.0762. The van der Waals surface area contributed by atoms with Crippen LogP contribution in [0.1, 0.15) is 42.5 Å². The van der Waals surface area contributed by atoms with E-state index in [0.717, 1.165) is 30.7 Å². The first-order chi connectivity index (χ1) is 13.9. The molecule has 4 rings (SSSR count). The van der Waals surface area contributed by atoms with E-state index in [-0.39, 0.29) is 22.6 Å². The van der Waals surface area contributed by atoms with E-state index in [9.17, 15) is 4.79 Å². The van der Waals surface area contributed by atoms with Gasteiger partial charge in [0.25, 0.3) is 5.91 Å². The van der Waals surface area contributed by atoms with Crippen molar-refractivity contribution in [3.05, 3.63) is 61.8 Å². The molecule has 1 aromatic heterocycles. The second-order valence-corrected chi connectivity index (χ2v) is 11.0. The van der Waals surface area contributed by atoms with Crippen molar-refractivity contribution in [1.82, 2.24) is 15.1 Å². The Labute approximate surface area is 190 Å². The van der Waals surface area contributed by atoms with E-state index in [0.29, 0.717) is 6.54 Å². The van der Waals surface area contributed by atoms with Crippen LogP contribution in [0.4, 0.5) is 0 Å². The van der Waals surface area contributed by atoms with Gasteiger partial charge >= 0.3 is 0 Å². The van der Waals surface area contributed by atoms with Gasteiger partial charge in [0.15, 0.2) is 0 Å². The number of nitrogens with zero attached hydrogens (tertiary/aromatic N) is 2. The van der Waals surface area contributed by atoms with Gasteiger partial charge in [0, 0.05) is 39.1 Å². The molecule has 2 aromatic rings. The number of nitrogens with one attached hydrogen (secondary N) is 1. The number of hydrogen-bond donors (Lipinski definition) is 2. The second kappa shape index (κ2) is 8.43. The van der Waals surface area contributed by atoms with E-state index in [1.807, 2.05) is 12.3 Å². The fraction of sp³-hybridized carbons (Fsp3) is 0.455. The number of halogens is 1. The molecule has 7 heteroatoms. The van der Waals surface area contributed by atoms with Gasteiger partial charge in [0.1, 0.15) is 0 Å². The summed E-state index contributed by atoms with van der Waals surface area (Å²) in [6.45, 7) is 5.78. The predicted molar refractivity (Wildman–Crippen MR) is 127 cm³/mol. The van der Waals surface area contributed by atoms with Crippen molar-refractivity contribution in [3.8, 4) is 0 Å². The average molecular weight is 522 g/mol. The highest BCUT2D eigenvalue weighted by molar-refractivity contribution is 14.1. The molecule has 0 saturated heterocycles. The molecule has 1 aromatic carbocycles. The first kappa shape index (κ1) is 20.9. The molecule has 5 nitrogen and oxygen atoms in total. The number of aromatic nitrogens is 2. The quantitative estimate of drug-likeness (QED) is 0.587. The topological polar surface area (TPSA) is 72.9 Å². The lowest BCUT2D eigenvalue weighted by Crippen LogP contribution is -2.42. The number of carbonyl (C=O) groups is 1. The summed E-state index contributed by atoms with van der Waals surface area (Å²) >= 11 is 4.03. The maximum atomic E-state index is 13.1. The van der Waals surface area contributed by atoms with Gasteiger partial charge in [-0.1, -0.05) is 18.2 Å². The van der Waals surface area contributed by atoms with Gasteiger partial charge in [0.05, 0.1) is 11.1 Å². The smallest absolute Gasteiger partial charge is 0.257 e. The van der Waals surface area contributed by atoms with E-state index in [2.05, 4.69) is 75.8 Å². The first-order valence-corrected chi connectivity index (χ1v) is 12.0. The van der Waals surface area contributed by atoms with Crippen molar-refractivity contribution >= 4 is 40.3 Å². The number of aryl methyl sites for hydroxylation is 2.